The van der Waals surface area contributed by atoms with Crippen molar-refractivity contribution in [3.63, 3.8) is 0 Å². The smallest absolute Gasteiger partial charge is 0.268 e. The number of nitrogens with zero attached hydrogens (tertiary/aromatic N) is 2. The van der Waals surface area contributed by atoms with E-state index in [4.69, 9.17) is 4.74 Å². The van der Waals surface area contributed by atoms with Crippen molar-refractivity contribution in [3.8, 4) is 11.8 Å². The third-order valence-electron chi connectivity index (χ3n) is 4.86. The molecule has 0 aliphatic carbocycles. The Bertz CT molecular complexity index is 1080. The number of carbonyl (C=O) groups is 2. The van der Waals surface area contributed by atoms with Crippen LogP contribution >= 0.6 is 0 Å². The van der Waals surface area contributed by atoms with Crippen LogP contribution in [0.5, 0.6) is 5.75 Å². The van der Waals surface area contributed by atoms with Crippen LogP contribution in [0.15, 0.2) is 36.5 Å². The van der Waals surface area contributed by atoms with Crippen LogP contribution in [0.3, 0.4) is 0 Å². The van der Waals surface area contributed by atoms with Crippen molar-refractivity contribution in [2.75, 3.05) is 7.11 Å². The van der Waals surface area contributed by atoms with Gasteiger partial charge in [-0.25, -0.2) is 0 Å². The first-order valence-electron chi connectivity index (χ1n) is 10.1. The molecule has 0 aliphatic heterocycles. The summed E-state index contributed by atoms with van der Waals surface area (Å²) in [6.45, 7) is 3.93. The van der Waals surface area contributed by atoms with Crippen LogP contribution in [0, 0.1) is 17.2 Å². The minimum Gasteiger partial charge on any atom is -0.496 e. The van der Waals surface area contributed by atoms with Gasteiger partial charge in [-0.2, -0.15) is 10.4 Å². The maximum Gasteiger partial charge on any atom is 0.268 e. The van der Waals surface area contributed by atoms with Crippen molar-refractivity contribution in [2.24, 2.45) is 5.92 Å². The lowest BCUT2D eigenvalue weighted by atomic mass is 10.0. The molecule has 0 fully saturated rings. The van der Waals surface area contributed by atoms with E-state index in [1.54, 1.807) is 25.4 Å². The van der Waals surface area contributed by atoms with E-state index < -0.39 is 23.9 Å². The molecule has 0 unspecified atom stereocenters. The zero-order chi connectivity index (χ0) is 22.4. The molecule has 2 atom stereocenters. The predicted molar refractivity (Wildman–Crippen MR) is 115 cm³/mol. The van der Waals surface area contributed by atoms with Crippen LogP contribution < -0.4 is 15.4 Å². The lowest BCUT2D eigenvalue weighted by molar-refractivity contribution is -0.123. The van der Waals surface area contributed by atoms with E-state index in [1.807, 2.05) is 32.0 Å². The van der Waals surface area contributed by atoms with Gasteiger partial charge < -0.3 is 20.4 Å². The fourth-order valence-corrected chi connectivity index (χ4v) is 3.38. The third kappa shape index (κ3) is 5.42. The van der Waals surface area contributed by atoms with E-state index in [0.717, 1.165) is 10.9 Å². The van der Waals surface area contributed by atoms with E-state index >= 15 is 0 Å². The van der Waals surface area contributed by atoms with Crippen LogP contribution in [-0.4, -0.2) is 46.2 Å². The molecule has 2 amide bonds. The molecule has 3 aromatic rings. The molecule has 9 nitrogen and oxygen atoms in total. The maximum absolute atomic E-state index is 12.9. The number of nitrogens with one attached hydrogen (secondary N) is 4. The molecule has 0 bridgehead atoms. The van der Waals surface area contributed by atoms with Crippen molar-refractivity contribution in [1.82, 2.24) is 25.8 Å². The molecule has 0 aliphatic rings. The van der Waals surface area contributed by atoms with Crippen molar-refractivity contribution in [2.45, 2.75) is 38.8 Å². The molecule has 31 heavy (non-hydrogen) atoms. The molecule has 0 saturated carbocycles. The first kappa shape index (κ1) is 21.9. The van der Waals surface area contributed by atoms with E-state index in [0.29, 0.717) is 23.6 Å². The normalized spacial score (nSPS) is 12.9. The van der Waals surface area contributed by atoms with Gasteiger partial charge in [-0.15, -0.1) is 0 Å². The molecular weight excluding hydrogens is 396 g/mol. The SMILES string of the molecule is COc1cccc2[nH]c(C(=O)N[C@@H](CC(C)C)C(=O)N[C@H](C#N)Cc3cc[nH]n3)cc12. The summed E-state index contributed by atoms with van der Waals surface area (Å²) in [5.74, 6) is 0.00271. The second-order valence-electron chi connectivity index (χ2n) is 7.72. The number of hydrogen-bond acceptors (Lipinski definition) is 5. The molecule has 9 heteroatoms. The molecule has 162 valence electrons. The number of hydrogen-bond donors (Lipinski definition) is 4. The molecular formula is C22H26N6O3. The quantitative estimate of drug-likeness (QED) is 0.419. The maximum atomic E-state index is 12.9. The highest BCUT2D eigenvalue weighted by Crippen LogP contribution is 2.26. The summed E-state index contributed by atoms with van der Waals surface area (Å²) in [5, 5.41) is 22.4. The number of amides is 2. The zero-order valence-electron chi connectivity index (χ0n) is 17.7. The van der Waals surface area contributed by atoms with Crippen LogP contribution in [0.1, 0.15) is 36.5 Å². The lowest BCUT2D eigenvalue weighted by Crippen LogP contribution is -2.50. The predicted octanol–water partition coefficient (Wildman–Crippen LogP) is 2.30. The van der Waals surface area contributed by atoms with Gasteiger partial charge in [0, 0.05) is 23.5 Å². The van der Waals surface area contributed by atoms with Crippen LogP contribution in [0.2, 0.25) is 0 Å². The Labute approximate surface area is 180 Å². The summed E-state index contributed by atoms with van der Waals surface area (Å²) < 4.78 is 5.34. The number of aromatic amines is 2. The number of ether oxygens (including phenoxy) is 1. The highest BCUT2D eigenvalue weighted by molar-refractivity contribution is 6.01. The first-order valence-corrected chi connectivity index (χ1v) is 10.1. The van der Waals surface area contributed by atoms with Crippen LogP contribution in [0.25, 0.3) is 10.9 Å². The molecule has 3 rings (SSSR count). The summed E-state index contributed by atoms with van der Waals surface area (Å²) in [6.07, 6.45) is 2.36. The van der Waals surface area contributed by atoms with Gasteiger partial charge in [0.1, 0.15) is 23.5 Å². The monoisotopic (exact) mass is 422 g/mol. The van der Waals surface area contributed by atoms with Gasteiger partial charge in [-0.3, -0.25) is 14.7 Å². The molecule has 4 N–H and O–H groups in total. The number of benzene rings is 1. The Morgan fingerprint density at radius 1 is 1.26 bits per heavy atom. The number of nitriles is 1. The van der Waals surface area contributed by atoms with Gasteiger partial charge in [0.2, 0.25) is 5.91 Å². The first-order chi connectivity index (χ1) is 14.9. The number of rotatable bonds is 9. The molecule has 2 heterocycles. The summed E-state index contributed by atoms with van der Waals surface area (Å²) in [6, 6.07) is 9.48. The molecule has 2 aromatic heterocycles. The Kier molecular flexibility index (Phi) is 6.92. The third-order valence-corrected chi connectivity index (χ3v) is 4.86. The van der Waals surface area contributed by atoms with Crippen molar-refractivity contribution >= 4 is 22.7 Å². The molecule has 0 spiro atoms. The fourth-order valence-electron chi connectivity index (χ4n) is 3.38. The van der Waals surface area contributed by atoms with Crippen LogP contribution in [-0.2, 0) is 11.2 Å². The Hall–Kier alpha value is -3.80. The van der Waals surface area contributed by atoms with Gasteiger partial charge in [0.05, 0.1) is 18.9 Å². The minimum absolute atomic E-state index is 0.158. The molecule has 1 aromatic carbocycles. The van der Waals surface area contributed by atoms with Gasteiger partial charge in [0.25, 0.3) is 5.91 Å². The number of methoxy groups -OCH3 is 1. The molecule has 0 saturated heterocycles. The second-order valence-corrected chi connectivity index (χ2v) is 7.72. The van der Waals surface area contributed by atoms with E-state index in [1.165, 1.54) is 0 Å². The van der Waals surface area contributed by atoms with Gasteiger partial charge >= 0.3 is 0 Å². The van der Waals surface area contributed by atoms with Gasteiger partial charge in [-0.1, -0.05) is 19.9 Å². The fraction of sp³-hybridized carbons (Fsp3) is 0.364. The number of fused-ring (bicyclic) bond motifs is 1. The standard InChI is InChI=1S/C22H26N6O3/c1-13(2)9-18(21(29)25-15(12-23)10-14-7-8-24-28-14)27-22(30)19-11-16-17(26-19)5-4-6-20(16)31-3/h4-8,11,13,15,18,26H,9-10H2,1-3H3,(H,24,28)(H,25,29)(H,27,30)/t15-,18-/m0/s1. The minimum atomic E-state index is -0.782. The number of aromatic nitrogens is 3. The Morgan fingerprint density at radius 3 is 2.71 bits per heavy atom. The lowest BCUT2D eigenvalue weighted by Gasteiger charge is -2.21. The summed E-state index contributed by atoms with van der Waals surface area (Å²) in [7, 11) is 1.57. The number of H-pyrrole nitrogens is 2. The average Bonchev–Trinajstić information content (AvgIpc) is 3.41. The average molecular weight is 422 g/mol. The van der Waals surface area contributed by atoms with E-state index in [2.05, 4.69) is 31.9 Å². The van der Waals surface area contributed by atoms with Crippen LogP contribution in [0.4, 0.5) is 0 Å². The summed E-state index contributed by atoms with van der Waals surface area (Å²) >= 11 is 0. The van der Waals surface area contributed by atoms with Crippen molar-refractivity contribution in [3.05, 3.63) is 47.9 Å². The molecule has 0 radical (unpaired) electrons. The summed E-state index contributed by atoms with van der Waals surface area (Å²) in [5.41, 5.74) is 1.76. The second kappa shape index (κ2) is 9.80. The van der Waals surface area contributed by atoms with E-state index in [-0.39, 0.29) is 12.3 Å². The largest absolute Gasteiger partial charge is 0.496 e. The number of carbonyl (C=O) groups excluding carboxylic acids is 2. The highest BCUT2D eigenvalue weighted by Gasteiger charge is 2.26. The summed E-state index contributed by atoms with van der Waals surface area (Å²) in [4.78, 5) is 28.8. The highest BCUT2D eigenvalue weighted by atomic mass is 16.5. The van der Waals surface area contributed by atoms with Crippen molar-refractivity contribution < 1.29 is 14.3 Å². The van der Waals surface area contributed by atoms with Gasteiger partial charge in [-0.05, 0) is 36.6 Å². The van der Waals surface area contributed by atoms with Crippen molar-refractivity contribution in [1.29, 1.82) is 5.26 Å². The van der Waals surface area contributed by atoms with E-state index in [9.17, 15) is 14.9 Å². The topological polar surface area (TPSA) is 136 Å². The Balaban J connectivity index is 1.73. The zero-order valence-corrected chi connectivity index (χ0v) is 17.7. The Morgan fingerprint density at radius 2 is 2.06 bits per heavy atom. The van der Waals surface area contributed by atoms with Gasteiger partial charge in [0.15, 0.2) is 0 Å².